The average molecular weight is 320 g/mol. The molecule has 24 heavy (non-hydrogen) atoms. The van der Waals surface area contributed by atoms with Crippen LogP contribution in [0.2, 0.25) is 0 Å². The molecule has 4 rings (SSSR count). The maximum Gasteiger partial charge on any atom is 0.261 e. The highest BCUT2D eigenvalue weighted by molar-refractivity contribution is 5.89. The van der Waals surface area contributed by atoms with Crippen molar-refractivity contribution in [2.45, 2.75) is 13.0 Å². The number of methoxy groups -OCH3 is 1. The number of fused-ring (bicyclic) bond motifs is 2. The van der Waals surface area contributed by atoms with Crippen LogP contribution >= 0.6 is 0 Å². The Labute approximate surface area is 138 Å². The summed E-state index contributed by atoms with van der Waals surface area (Å²) in [7, 11) is 1.57. The molecule has 0 spiro atoms. The summed E-state index contributed by atoms with van der Waals surface area (Å²) in [4.78, 5) is 17.2. The third-order valence-electron chi connectivity index (χ3n) is 4.36. The Balaban J connectivity index is 1.97. The number of para-hydroxylation sites is 2. The van der Waals surface area contributed by atoms with E-state index >= 15 is 0 Å². The Bertz CT molecular complexity index is 1030. The first-order valence-corrected chi connectivity index (χ1v) is 7.76. The highest BCUT2D eigenvalue weighted by atomic mass is 16.5. The normalized spacial score (nSPS) is 15.4. The molecule has 0 radical (unpaired) electrons. The molecule has 0 aliphatic carbocycles. The van der Waals surface area contributed by atoms with Crippen LogP contribution in [0.15, 0.2) is 53.3 Å². The molecule has 1 aliphatic heterocycles. The third kappa shape index (κ3) is 2.09. The van der Waals surface area contributed by atoms with Crippen molar-refractivity contribution in [2.24, 2.45) is 0 Å². The van der Waals surface area contributed by atoms with E-state index < -0.39 is 0 Å². The van der Waals surface area contributed by atoms with Crippen molar-refractivity contribution in [2.75, 3.05) is 7.11 Å². The van der Waals surface area contributed by atoms with Crippen molar-refractivity contribution < 1.29 is 9.84 Å². The van der Waals surface area contributed by atoms with Crippen LogP contribution in [0, 0.1) is 0 Å². The first kappa shape index (κ1) is 14.5. The molecule has 1 aliphatic rings. The number of aliphatic hydroxyl groups is 1. The monoisotopic (exact) mass is 320 g/mol. The lowest BCUT2D eigenvalue weighted by molar-refractivity contribution is 0.408. The van der Waals surface area contributed by atoms with Crippen molar-refractivity contribution in [3.63, 3.8) is 0 Å². The van der Waals surface area contributed by atoms with Gasteiger partial charge in [0.25, 0.3) is 5.56 Å². The molecule has 3 aromatic rings. The number of ether oxygens (including phenoxy) is 1. The smallest absolute Gasteiger partial charge is 0.261 e. The van der Waals surface area contributed by atoms with Gasteiger partial charge < -0.3 is 9.84 Å². The Morgan fingerprint density at radius 2 is 1.92 bits per heavy atom. The minimum Gasteiger partial charge on any atom is -0.507 e. The van der Waals surface area contributed by atoms with Crippen LogP contribution in [0.1, 0.15) is 17.8 Å². The lowest BCUT2D eigenvalue weighted by atomic mass is 10.1. The Morgan fingerprint density at radius 1 is 1.17 bits per heavy atom. The first-order chi connectivity index (χ1) is 11.7. The molecule has 0 bridgehead atoms. The zero-order valence-corrected chi connectivity index (χ0v) is 13.2. The summed E-state index contributed by atoms with van der Waals surface area (Å²) in [5.74, 6) is 1.23. The van der Waals surface area contributed by atoms with Crippen LogP contribution in [0.4, 0.5) is 0 Å². The van der Waals surface area contributed by atoms with E-state index in [0.29, 0.717) is 46.6 Å². The number of nitrogens with zero attached hydrogens (tertiary/aromatic N) is 2. The summed E-state index contributed by atoms with van der Waals surface area (Å²) >= 11 is 0. The number of rotatable bonds is 2. The number of aromatic nitrogens is 2. The van der Waals surface area contributed by atoms with E-state index in [-0.39, 0.29) is 11.3 Å². The van der Waals surface area contributed by atoms with Crippen molar-refractivity contribution in [3.8, 4) is 5.75 Å². The highest BCUT2D eigenvalue weighted by Gasteiger charge is 2.25. The highest BCUT2D eigenvalue weighted by Crippen LogP contribution is 2.34. The van der Waals surface area contributed by atoms with E-state index in [0.717, 1.165) is 0 Å². The molecule has 0 atom stereocenters. The van der Waals surface area contributed by atoms with Gasteiger partial charge in [-0.25, -0.2) is 4.98 Å². The van der Waals surface area contributed by atoms with E-state index in [1.807, 2.05) is 30.3 Å². The van der Waals surface area contributed by atoms with E-state index in [2.05, 4.69) is 4.98 Å². The third-order valence-corrected chi connectivity index (χ3v) is 4.36. The number of allylic oxidation sites excluding steroid dienone is 1. The molecular weight excluding hydrogens is 304 g/mol. The van der Waals surface area contributed by atoms with Gasteiger partial charge in [0, 0.05) is 12.1 Å². The topological polar surface area (TPSA) is 64.3 Å². The van der Waals surface area contributed by atoms with Gasteiger partial charge in [0.15, 0.2) is 0 Å². The fraction of sp³-hybridized carbons (Fsp3) is 0.158. The number of hydrogen-bond donors (Lipinski definition) is 1. The van der Waals surface area contributed by atoms with Crippen LogP contribution in [0.5, 0.6) is 5.75 Å². The summed E-state index contributed by atoms with van der Waals surface area (Å²) in [6.45, 7) is 0.514. The molecule has 0 fully saturated rings. The van der Waals surface area contributed by atoms with E-state index in [1.165, 1.54) is 0 Å². The lowest BCUT2D eigenvalue weighted by Gasteiger charge is -2.10. The van der Waals surface area contributed by atoms with Crippen molar-refractivity contribution in [1.29, 1.82) is 0 Å². The molecular formula is C19H16N2O3. The second-order valence-electron chi connectivity index (χ2n) is 5.69. The van der Waals surface area contributed by atoms with E-state index in [4.69, 9.17) is 4.74 Å². The van der Waals surface area contributed by atoms with Gasteiger partial charge in [0.05, 0.1) is 23.6 Å². The molecule has 2 heterocycles. The zero-order chi connectivity index (χ0) is 16.7. The predicted molar refractivity (Wildman–Crippen MR) is 93.1 cm³/mol. The summed E-state index contributed by atoms with van der Waals surface area (Å²) in [6, 6.07) is 14.5. The van der Waals surface area contributed by atoms with Gasteiger partial charge in [0.2, 0.25) is 0 Å². The van der Waals surface area contributed by atoms with Crippen LogP contribution in [-0.4, -0.2) is 21.8 Å². The summed E-state index contributed by atoms with van der Waals surface area (Å²) in [5, 5.41) is 11.4. The fourth-order valence-corrected chi connectivity index (χ4v) is 3.17. The lowest BCUT2D eigenvalue weighted by Crippen LogP contribution is -2.20. The Hall–Kier alpha value is -3.08. The van der Waals surface area contributed by atoms with Crippen molar-refractivity contribution >= 4 is 22.2 Å². The van der Waals surface area contributed by atoms with E-state index in [1.54, 1.807) is 29.9 Å². The molecule has 5 heteroatoms. The van der Waals surface area contributed by atoms with Gasteiger partial charge in [0.1, 0.15) is 17.3 Å². The molecule has 1 N–H and O–H groups in total. The molecule has 120 valence electrons. The SMILES string of the molecule is COc1ccccc1C(O)=C1CCn2c1nc1ccccc1c2=O. The van der Waals surface area contributed by atoms with Crippen molar-refractivity contribution in [1.82, 2.24) is 9.55 Å². The summed E-state index contributed by atoms with van der Waals surface area (Å²) in [5.41, 5.74) is 1.84. The number of aliphatic hydroxyl groups excluding tert-OH is 1. The number of hydrogen-bond acceptors (Lipinski definition) is 4. The van der Waals surface area contributed by atoms with Crippen LogP contribution < -0.4 is 10.3 Å². The second kappa shape index (κ2) is 5.53. The van der Waals surface area contributed by atoms with Gasteiger partial charge in [-0.05, 0) is 30.7 Å². The largest absolute Gasteiger partial charge is 0.507 e. The van der Waals surface area contributed by atoms with Gasteiger partial charge >= 0.3 is 0 Å². The predicted octanol–water partition coefficient (Wildman–Crippen LogP) is 3.24. The zero-order valence-electron chi connectivity index (χ0n) is 13.2. The van der Waals surface area contributed by atoms with Gasteiger partial charge in [-0.3, -0.25) is 9.36 Å². The van der Waals surface area contributed by atoms with Crippen molar-refractivity contribution in [3.05, 3.63) is 70.3 Å². The quantitative estimate of drug-likeness (QED) is 0.736. The average Bonchev–Trinajstić information content (AvgIpc) is 3.05. The summed E-state index contributed by atoms with van der Waals surface area (Å²) < 4.78 is 6.95. The molecule has 0 amide bonds. The van der Waals surface area contributed by atoms with Crippen LogP contribution in [-0.2, 0) is 6.54 Å². The minimum atomic E-state index is -0.0709. The fourth-order valence-electron chi connectivity index (χ4n) is 3.17. The van der Waals surface area contributed by atoms with Crippen LogP contribution in [0.25, 0.3) is 22.2 Å². The molecule has 1 aromatic heterocycles. The first-order valence-electron chi connectivity index (χ1n) is 7.76. The minimum absolute atomic E-state index is 0.0709. The number of benzene rings is 2. The van der Waals surface area contributed by atoms with Gasteiger partial charge in [-0.15, -0.1) is 0 Å². The Kier molecular flexibility index (Phi) is 3.34. The molecule has 2 aromatic carbocycles. The molecule has 5 nitrogen and oxygen atoms in total. The van der Waals surface area contributed by atoms with Crippen LogP contribution in [0.3, 0.4) is 0 Å². The summed E-state index contributed by atoms with van der Waals surface area (Å²) in [6.07, 6.45) is 0.558. The Morgan fingerprint density at radius 3 is 2.75 bits per heavy atom. The van der Waals surface area contributed by atoms with Gasteiger partial charge in [-0.1, -0.05) is 24.3 Å². The molecule has 0 saturated heterocycles. The van der Waals surface area contributed by atoms with Gasteiger partial charge in [-0.2, -0.15) is 0 Å². The maximum absolute atomic E-state index is 12.6. The standard InChI is InChI=1S/C19H16N2O3/c1-24-16-9-5-3-7-13(16)17(22)14-10-11-21-18(14)20-15-8-4-2-6-12(15)19(21)23/h2-9,22H,10-11H2,1H3. The maximum atomic E-state index is 12.6. The second-order valence-corrected chi connectivity index (χ2v) is 5.69. The molecule has 0 saturated carbocycles. The van der Waals surface area contributed by atoms with E-state index in [9.17, 15) is 9.90 Å². The molecule has 0 unspecified atom stereocenters.